The van der Waals surface area contributed by atoms with Gasteiger partial charge in [0.1, 0.15) is 17.5 Å². The summed E-state index contributed by atoms with van der Waals surface area (Å²) in [6.07, 6.45) is 0. The number of nitriles is 1. The molecule has 2 atom stereocenters. The third kappa shape index (κ3) is 3.46. The van der Waals surface area contributed by atoms with Gasteiger partial charge in [-0.05, 0) is 30.7 Å². The summed E-state index contributed by atoms with van der Waals surface area (Å²) in [5.41, 5.74) is 6.01. The normalized spacial score (nSPS) is 16.7. The Labute approximate surface area is 188 Å². The van der Waals surface area contributed by atoms with Crippen LogP contribution in [0, 0.1) is 29.9 Å². The molecule has 2 heterocycles. The van der Waals surface area contributed by atoms with Gasteiger partial charge in [0.15, 0.2) is 0 Å². The largest absolute Gasteiger partial charge is 0.313 e. The minimum atomic E-state index is -0.703. The van der Waals surface area contributed by atoms with Crippen molar-refractivity contribution in [2.75, 3.05) is 5.43 Å². The third-order valence-corrected chi connectivity index (χ3v) is 5.96. The van der Waals surface area contributed by atoms with Gasteiger partial charge in [0.05, 0.1) is 29.3 Å². The lowest BCUT2D eigenvalue weighted by Gasteiger charge is -2.20. The number of nitrogens with one attached hydrogen (secondary N) is 1. The van der Waals surface area contributed by atoms with Crippen molar-refractivity contribution in [2.24, 2.45) is 0 Å². The summed E-state index contributed by atoms with van der Waals surface area (Å²) in [6.45, 7) is 1.68. The summed E-state index contributed by atoms with van der Waals surface area (Å²) in [4.78, 5) is 18.1. The van der Waals surface area contributed by atoms with Gasteiger partial charge in [-0.25, -0.2) is 18.4 Å². The molecule has 2 unspecified atom stereocenters. The van der Waals surface area contributed by atoms with E-state index in [1.807, 2.05) is 30.3 Å². The van der Waals surface area contributed by atoms with E-state index in [4.69, 9.17) is 10.2 Å². The molecular formula is C26H18F2N4O. The Morgan fingerprint density at radius 3 is 2.42 bits per heavy atom. The Hall–Kier alpha value is -4.31. The topological polar surface area (TPSA) is 70.7 Å². The highest BCUT2D eigenvalue weighted by atomic mass is 19.1. The van der Waals surface area contributed by atoms with Crippen LogP contribution in [0.15, 0.2) is 77.6 Å². The van der Waals surface area contributed by atoms with Crippen molar-refractivity contribution in [3.05, 3.63) is 123 Å². The van der Waals surface area contributed by atoms with Crippen molar-refractivity contribution >= 4 is 0 Å². The molecule has 0 aliphatic carbocycles. The van der Waals surface area contributed by atoms with Gasteiger partial charge < -0.3 is 5.43 Å². The zero-order valence-corrected chi connectivity index (χ0v) is 17.6. The van der Waals surface area contributed by atoms with Crippen LogP contribution >= 0.6 is 0 Å². The van der Waals surface area contributed by atoms with Gasteiger partial charge in [-0.15, -0.1) is 0 Å². The molecule has 0 radical (unpaired) electrons. The van der Waals surface area contributed by atoms with E-state index in [-0.39, 0.29) is 11.1 Å². The molecule has 0 spiro atoms. The summed E-state index contributed by atoms with van der Waals surface area (Å²) in [7, 11) is 0. The van der Waals surface area contributed by atoms with Crippen molar-refractivity contribution in [1.29, 1.82) is 5.26 Å². The van der Waals surface area contributed by atoms with E-state index in [1.54, 1.807) is 31.2 Å². The average molecular weight is 440 g/mol. The van der Waals surface area contributed by atoms with Crippen molar-refractivity contribution < 1.29 is 8.78 Å². The van der Waals surface area contributed by atoms with Crippen molar-refractivity contribution in [2.45, 2.75) is 18.9 Å². The van der Waals surface area contributed by atoms with Crippen LogP contribution in [0.1, 0.15) is 40.0 Å². The maximum Gasteiger partial charge on any atom is 0.275 e. The van der Waals surface area contributed by atoms with E-state index in [2.05, 4.69) is 11.5 Å². The van der Waals surface area contributed by atoms with Crippen LogP contribution in [0.5, 0.6) is 0 Å². The molecule has 0 amide bonds. The first kappa shape index (κ1) is 20.6. The third-order valence-electron chi connectivity index (χ3n) is 5.96. The standard InChI is InChI=1S/C26H18F2N4O/c1-15-23(18-9-7-16(14-29)8-10-18)30-25-22(20-12-11-19(27)13-21(20)28)24(31-32(25)26(15)33)17-5-3-2-4-6-17/h2-13,22,24,31H,1H3. The summed E-state index contributed by atoms with van der Waals surface area (Å²) < 4.78 is 30.0. The number of halogens is 2. The first-order chi connectivity index (χ1) is 16.0. The smallest absolute Gasteiger partial charge is 0.275 e. The minimum Gasteiger partial charge on any atom is -0.313 e. The van der Waals surface area contributed by atoms with Crippen molar-refractivity contribution in [1.82, 2.24) is 9.66 Å². The minimum absolute atomic E-state index is 0.241. The zero-order chi connectivity index (χ0) is 23.1. The molecular weight excluding hydrogens is 422 g/mol. The van der Waals surface area contributed by atoms with Crippen molar-refractivity contribution in [3.63, 3.8) is 0 Å². The highest BCUT2D eigenvalue weighted by molar-refractivity contribution is 5.64. The summed E-state index contributed by atoms with van der Waals surface area (Å²) in [5, 5.41) is 9.08. The molecule has 5 nitrogen and oxygen atoms in total. The highest BCUT2D eigenvalue weighted by Crippen LogP contribution is 2.42. The van der Waals surface area contributed by atoms with E-state index in [9.17, 15) is 13.6 Å². The SMILES string of the molecule is Cc1c(-c2ccc(C#N)cc2)nc2n(c1=O)NC(c1ccccc1)C2c1ccc(F)cc1F. The van der Waals surface area contributed by atoms with Gasteiger partial charge in [0.2, 0.25) is 0 Å². The molecule has 1 aliphatic heterocycles. The molecule has 7 heteroatoms. The zero-order valence-electron chi connectivity index (χ0n) is 17.6. The monoisotopic (exact) mass is 440 g/mol. The quantitative estimate of drug-likeness (QED) is 0.497. The predicted octanol–water partition coefficient (Wildman–Crippen LogP) is 4.80. The number of hydrogen-bond donors (Lipinski definition) is 1. The first-order valence-electron chi connectivity index (χ1n) is 10.4. The maximum atomic E-state index is 15.0. The van der Waals surface area contributed by atoms with E-state index in [1.165, 1.54) is 16.8 Å². The van der Waals surface area contributed by atoms with Crippen LogP contribution in [0.25, 0.3) is 11.3 Å². The second kappa shape index (κ2) is 7.99. The van der Waals surface area contributed by atoms with E-state index >= 15 is 0 Å². The molecule has 4 aromatic rings. The number of benzene rings is 3. The number of fused-ring (bicyclic) bond motifs is 1. The molecule has 1 aromatic heterocycles. The van der Waals surface area contributed by atoms with Crippen LogP contribution in [0.2, 0.25) is 0 Å². The predicted molar refractivity (Wildman–Crippen MR) is 120 cm³/mol. The summed E-state index contributed by atoms with van der Waals surface area (Å²) in [5.74, 6) is -1.71. The summed E-state index contributed by atoms with van der Waals surface area (Å²) in [6, 6.07) is 21.2. The van der Waals surface area contributed by atoms with E-state index in [0.29, 0.717) is 28.2 Å². The fraction of sp³-hybridized carbons (Fsp3) is 0.115. The van der Waals surface area contributed by atoms with E-state index < -0.39 is 23.6 Å². The molecule has 3 aromatic carbocycles. The number of hydrogen-bond acceptors (Lipinski definition) is 4. The highest BCUT2D eigenvalue weighted by Gasteiger charge is 2.39. The van der Waals surface area contributed by atoms with Gasteiger partial charge in [0, 0.05) is 22.8 Å². The number of rotatable bonds is 3. The molecule has 0 bridgehead atoms. The van der Waals surface area contributed by atoms with E-state index in [0.717, 1.165) is 11.6 Å². The Balaban J connectivity index is 1.74. The second-order valence-electron chi connectivity index (χ2n) is 7.93. The Morgan fingerprint density at radius 2 is 1.76 bits per heavy atom. The number of nitrogens with zero attached hydrogens (tertiary/aromatic N) is 3. The Morgan fingerprint density at radius 1 is 1.03 bits per heavy atom. The second-order valence-corrected chi connectivity index (χ2v) is 7.93. The molecule has 1 N–H and O–H groups in total. The Bertz CT molecular complexity index is 1460. The fourth-order valence-electron chi connectivity index (χ4n) is 4.30. The molecule has 162 valence electrons. The maximum absolute atomic E-state index is 15.0. The van der Waals surface area contributed by atoms with Crippen LogP contribution in [0.4, 0.5) is 8.78 Å². The fourth-order valence-corrected chi connectivity index (χ4v) is 4.30. The van der Waals surface area contributed by atoms with Crippen LogP contribution in [0.3, 0.4) is 0 Å². The molecule has 33 heavy (non-hydrogen) atoms. The average Bonchev–Trinajstić information content (AvgIpc) is 3.21. The van der Waals surface area contributed by atoms with Crippen LogP contribution in [-0.4, -0.2) is 9.66 Å². The lowest BCUT2D eigenvalue weighted by Crippen LogP contribution is -2.30. The van der Waals surface area contributed by atoms with Gasteiger partial charge in [-0.3, -0.25) is 4.79 Å². The van der Waals surface area contributed by atoms with Crippen LogP contribution in [-0.2, 0) is 0 Å². The van der Waals surface area contributed by atoms with Crippen LogP contribution < -0.4 is 11.0 Å². The number of aromatic nitrogens is 2. The van der Waals surface area contributed by atoms with Gasteiger partial charge in [-0.1, -0.05) is 48.5 Å². The Kier molecular flexibility index (Phi) is 4.98. The molecule has 5 rings (SSSR count). The molecule has 1 aliphatic rings. The van der Waals surface area contributed by atoms with Gasteiger partial charge >= 0.3 is 0 Å². The summed E-state index contributed by atoms with van der Waals surface area (Å²) >= 11 is 0. The first-order valence-corrected chi connectivity index (χ1v) is 10.4. The van der Waals surface area contributed by atoms with Gasteiger partial charge in [0.25, 0.3) is 5.56 Å². The molecule has 0 saturated carbocycles. The molecule has 0 fully saturated rings. The van der Waals surface area contributed by atoms with Crippen molar-refractivity contribution in [3.8, 4) is 17.3 Å². The molecule has 0 saturated heterocycles. The van der Waals surface area contributed by atoms with Gasteiger partial charge in [-0.2, -0.15) is 5.26 Å². The lowest BCUT2D eigenvalue weighted by atomic mass is 9.87. The lowest BCUT2D eigenvalue weighted by molar-refractivity contribution is 0.554.